The summed E-state index contributed by atoms with van der Waals surface area (Å²) in [6.07, 6.45) is 0. The molecular formula is C5H4ClNO3. The van der Waals surface area contributed by atoms with Gasteiger partial charge >= 0.3 is 5.91 Å². The quantitative estimate of drug-likeness (QED) is 0.478. The van der Waals surface area contributed by atoms with Gasteiger partial charge in [-0.3, -0.25) is 10.0 Å². The van der Waals surface area contributed by atoms with Crippen molar-refractivity contribution in [2.75, 3.05) is 0 Å². The molecule has 0 saturated heterocycles. The van der Waals surface area contributed by atoms with E-state index < -0.39 is 5.91 Å². The molecule has 0 aliphatic heterocycles. The van der Waals surface area contributed by atoms with Crippen LogP contribution in [0.2, 0.25) is 5.22 Å². The van der Waals surface area contributed by atoms with Crippen molar-refractivity contribution in [3.63, 3.8) is 0 Å². The molecule has 1 amide bonds. The molecule has 4 nitrogen and oxygen atoms in total. The molecular weight excluding hydrogens is 158 g/mol. The van der Waals surface area contributed by atoms with Crippen molar-refractivity contribution >= 4 is 17.5 Å². The van der Waals surface area contributed by atoms with E-state index >= 15 is 0 Å². The maximum Gasteiger partial charge on any atom is 0.310 e. The summed E-state index contributed by atoms with van der Waals surface area (Å²) in [7, 11) is 0. The molecule has 0 bridgehead atoms. The van der Waals surface area contributed by atoms with Crippen LogP contribution in [0.25, 0.3) is 0 Å². The highest BCUT2D eigenvalue weighted by Crippen LogP contribution is 2.12. The molecule has 10 heavy (non-hydrogen) atoms. The summed E-state index contributed by atoms with van der Waals surface area (Å²) in [5, 5.41) is 8.20. The van der Waals surface area contributed by atoms with Gasteiger partial charge in [0.1, 0.15) is 0 Å². The average Bonchev–Trinajstić information content (AvgIpc) is 2.34. The van der Waals surface area contributed by atoms with E-state index in [9.17, 15) is 4.79 Å². The van der Waals surface area contributed by atoms with Gasteiger partial charge in [-0.05, 0) is 23.7 Å². The van der Waals surface area contributed by atoms with Crippen molar-refractivity contribution in [2.45, 2.75) is 0 Å². The van der Waals surface area contributed by atoms with Crippen LogP contribution < -0.4 is 5.48 Å². The number of hydroxylamine groups is 1. The van der Waals surface area contributed by atoms with E-state index in [1.165, 1.54) is 17.6 Å². The molecule has 54 valence electrons. The Morgan fingerprint density at radius 2 is 2.40 bits per heavy atom. The number of hydrogen-bond donors (Lipinski definition) is 2. The second-order valence-electron chi connectivity index (χ2n) is 1.54. The largest absolute Gasteiger partial charge is 0.439 e. The first-order valence-electron chi connectivity index (χ1n) is 2.44. The Morgan fingerprint density at radius 1 is 1.70 bits per heavy atom. The first-order valence-corrected chi connectivity index (χ1v) is 2.81. The lowest BCUT2D eigenvalue weighted by Gasteiger charge is -1.89. The average molecular weight is 162 g/mol. The predicted octanol–water partition coefficient (Wildman–Crippen LogP) is 1.05. The van der Waals surface area contributed by atoms with Gasteiger partial charge < -0.3 is 4.42 Å². The monoisotopic (exact) mass is 161 g/mol. The van der Waals surface area contributed by atoms with Crippen LogP contribution in [-0.2, 0) is 0 Å². The Hall–Kier alpha value is -1.00. The molecule has 2 N–H and O–H groups in total. The Balaban J connectivity index is 2.85. The van der Waals surface area contributed by atoms with E-state index in [1.807, 2.05) is 0 Å². The lowest BCUT2D eigenvalue weighted by Crippen LogP contribution is -2.17. The van der Waals surface area contributed by atoms with Gasteiger partial charge in [-0.15, -0.1) is 0 Å². The zero-order valence-corrected chi connectivity index (χ0v) is 5.55. The molecule has 0 aliphatic carbocycles. The van der Waals surface area contributed by atoms with E-state index in [0.29, 0.717) is 0 Å². The maximum absolute atomic E-state index is 10.5. The highest BCUT2D eigenvalue weighted by atomic mass is 35.5. The van der Waals surface area contributed by atoms with Crippen LogP contribution in [0.15, 0.2) is 16.5 Å². The number of furan rings is 1. The number of nitrogens with one attached hydrogen (secondary N) is 1. The molecule has 1 aromatic heterocycles. The number of carbonyl (C=O) groups excluding carboxylic acids is 1. The summed E-state index contributed by atoms with van der Waals surface area (Å²) in [6, 6.07) is 2.76. The van der Waals surface area contributed by atoms with Gasteiger partial charge in [-0.1, -0.05) is 0 Å². The molecule has 0 spiro atoms. The minimum Gasteiger partial charge on any atom is -0.439 e. The summed E-state index contributed by atoms with van der Waals surface area (Å²) in [5.74, 6) is -0.737. The Labute approximate surface area is 61.4 Å². The van der Waals surface area contributed by atoms with E-state index in [2.05, 4.69) is 4.42 Å². The van der Waals surface area contributed by atoms with Crippen molar-refractivity contribution in [1.29, 1.82) is 0 Å². The molecule has 5 heteroatoms. The topological polar surface area (TPSA) is 62.5 Å². The van der Waals surface area contributed by atoms with E-state index in [4.69, 9.17) is 16.8 Å². The number of hydrogen-bond acceptors (Lipinski definition) is 3. The van der Waals surface area contributed by atoms with Crippen LogP contribution in [0.4, 0.5) is 0 Å². The second kappa shape index (κ2) is 2.72. The number of carbonyl (C=O) groups is 1. The Bertz CT molecular complexity index is 245. The van der Waals surface area contributed by atoms with Crippen molar-refractivity contribution < 1.29 is 14.4 Å². The van der Waals surface area contributed by atoms with Crippen LogP contribution in [0.5, 0.6) is 0 Å². The standard InChI is InChI=1S/C5H4ClNO3/c6-4-2-1-3(10-4)5(8)7-9/h1-2,9H,(H,7,8). The lowest BCUT2D eigenvalue weighted by molar-refractivity contribution is 0.0676. The van der Waals surface area contributed by atoms with Gasteiger partial charge in [0, 0.05) is 0 Å². The fourth-order valence-electron chi connectivity index (χ4n) is 0.491. The van der Waals surface area contributed by atoms with Crippen LogP contribution in [-0.4, -0.2) is 11.1 Å². The lowest BCUT2D eigenvalue weighted by atomic mass is 10.4. The normalized spacial score (nSPS) is 9.40. The van der Waals surface area contributed by atoms with Crippen molar-refractivity contribution in [3.05, 3.63) is 23.1 Å². The second-order valence-corrected chi connectivity index (χ2v) is 1.92. The number of rotatable bonds is 1. The Kier molecular flexibility index (Phi) is 1.94. The first-order chi connectivity index (χ1) is 4.74. The molecule has 0 fully saturated rings. The molecule has 0 saturated carbocycles. The zero-order chi connectivity index (χ0) is 7.56. The highest BCUT2D eigenvalue weighted by molar-refractivity contribution is 6.29. The van der Waals surface area contributed by atoms with Gasteiger partial charge in [-0.25, -0.2) is 5.48 Å². The highest BCUT2D eigenvalue weighted by Gasteiger charge is 2.07. The molecule has 0 aliphatic rings. The minimum absolute atomic E-state index is 0.0208. The fourth-order valence-corrected chi connectivity index (χ4v) is 0.638. The van der Waals surface area contributed by atoms with Crippen molar-refractivity contribution in [2.24, 2.45) is 0 Å². The third-order valence-electron chi connectivity index (χ3n) is 0.899. The van der Waals surface area contributed by atoms with E-state index in [1.54, 1.807) is 0 Å². The zero-order valence-electron chi connectivity index (χ0n) is 4.80. The summed E-state index contributed by atoms with van der Waals surface area (Å²) < 4.78 is 4.63. The third-order valence-corrected chi connectivity index (χ3v) is 1.10. The smallest absolute Gasteiger partial charge is 0.310 e. The van der Waals surface area contributed by atoms with Gasteiger partial charge in [0.15, 0.2) is 11.0 Å². The summed E-state index contributed by atoms with van der Waals surface area (Å²) in [5.41, 5.74) is 1.40. The SMILES string of the molecule is O=C(NO)c1ccc(Cl)o1. The van der Waals surface area contributed by atoms with Gasteiger partial charge in [-0.2, -0.15) is 0 Å². The number of halogens is 1. The van der Waals surface area contributed by atoms with Gasteiger partial charge in [0.05, 0.1) is 0 Å². The molecule has 0 aromatic carbocycles. The third kappa shape index (κ3) is 1.29. The maximum atomic E-state index is 10.5. The number of amides is 1. The molecule has 0 atom stereocenters. The fraction of sp³-hybridized carbons (Fsp3) is 0. The summed E-state index contributed by atoms with van der Waals surface area (Å²) in [6.45, 7) is 0. The molecule has 1 heterocycles. The van der Waals surface area contributed by atoms with Crippen molar-refractivity contribution in [3.8, 4) is 0 Å². The predicted molar refractivity (Wildman–Crippen MR) is 33.0 cm³/mol. The molecule has 0 radical (unpaired) electrons. The van der Waals surface area contributed by atoms with Gasteiger partial charge in [0.2, 0.25) is 0 Å². The Morgan fingerprint density at radius 3 is 2.80 bits per heavy atom. The van der Waals surface area contributed by atoms with Crippen molar-refractivity contribution in [1.82, 2.24) is 5.48 Å². The van der Waals surface area contributed by atoms with Crippen LogP contribution >= 0.6 is 11.6 Å². The summed E-state index contributed by atoms with van der Waals surface area (Å²) in [4.78, 5) is 10.5. The van der Waals surface area contributed by atoms with E-state index in [-0.39, 0.29) is 11.0 Å². The molecule has 1 rings (SSSR count). The van der Waals surface area contributed by atoms with Crippen LogP contribution in [0.1, 0.15) is 10.6 Å². The van der Waals surface area contributed by atoms with Crippen LogP contribution in [0.3, 0.4) is 0 Å². The molecule has 0 unspecified atom stereocenters. The summed E-state index contributed by atoms with van der Waals surface area (Å²) >= 11 is 5.33. The van der Waals surface area contributed by atoms with Gasteiger partial charge in [0.25, 0.3) is 0 Å². The van der Waals surface area contributed by atoms with Crippen LogP contribution in [0, 0.1) is 0 Å². The van der Waals surface area contributed by atoms with E-state index in [0.717, 1.165) is 0 Å². The molecule has 1 aromatic rings. The first kappa shape index (κ1) is 7.11. The minimum atomic E-state index is -0.716.